The quantitative estimate of drug-likeness (QED) is 0.252. The number of rotatable bonds is 7. The number of benzene rings is 1. The van der Waals surface area contributed by atoms with Crippen molar-refractivity contribution >= 4 is 21.9 Å². The van der Waals surface area contributed by atoms with Gasteiger partial charge >= 0.3 is 5.97 Å². The Bertz CT molecular complexity index is 485. The van der Waals surface area contributed by atoms with Crippen LogP contribution in [0.3, 0.4) is 0 Å². The molecule has 0 saturated heterocycles. The van der Waals surface area contributed by atoms with Gasteiger partial charge in [-0.3, -0.25) is 4.90 Å². The maximum Gasteiger partial charge on any atom is 0.333 e. The third kappa shape index (κ3) is 4.24. The molecule has 0 heterocycles. The predicted molar refractivity (Wildman–Crippen MR) is 81.3 cm³/mol. The van der Waals surface area contributed by atoms with Crippen LogP contribution in [0, 0.1) is 18.4 Å². The van der Waals surface area contributed by atoms with E-state index in [-0.39, 0.29) is 0 Å². The van der Waals surface area contributed by atoms with Crippen LogP contribution in [-0.4, -0.2) is 29.9 Å². The van der Waals surface area contributed by atoms with Crippen molar-refractivity contribution in [1.29, 1.82) is 5.26 Å². The number of unbranched alkanes of at least 4 members (excludes halogenated alkanes) is 1. The largest absolute Gasteiger partial charge is 0.467 e. The molecular weight excluding hydrogens is 320 g/mol. The lowest BCUT2D eigenvalue weighted by molar-refractivity contribution is -0.146. The van der Waals surface area contributed by atoms with Crippen molar-refractivity contribution in [1.82, 2.24) is 4.90 Å². The number of halogens is 1. The molecule has 0 aliphatic rings. The summed E-state index contributed by atoms with van der Waals surface area (Å²) in [7, 11) is 1.35. The Balaban J connectivity index is 3.02. The highest BCUT2D eigenvalue weighted by molar-refractivity contribution is 9.09. The Morgan fingerprint density at radius 3 is 2.70 bits per heavy atom. The van der Waals surface area contributed by atoms with Crippen LogP contribution in [-0.2, 0) is 9.53 Å². The Labute approximate surface area is 128 Å². The Hall–Kier alpha value is -1.54. The molecule has 20 heavy (non-hydrogen) atoms. The molecule has 4 nitrogen and oxygen atoms in total. The highest BCUT2D eigenvalue weighted by Gasteiger charge is 2.28. The summed E-state index contributed by atoms with van der Waals surface area (Å²) in [5.41, 5.74) is 1.79. The van der Waals surface area contributed by atoms with Gasteiger partial charge in [0.1, 0.15) is 0 Å². The summed E-state index contributed by atoms with van der Waals surface area (Å²) in [6, 6.07) is 6.91. The standard InChI is InChI=1S/C15H19BrN2O2/c1-12-7-3-4-8-13(12)14(15(19)20-2)18(11-17)10-6-5-9-16/h3-4,7-8,14H,5-6,9-10H2,1-2H3. The number of methoxy groups -OCH3 is 1. The Morgan fingerprint density at radius 2 is 2.15 bits per heavy atom. The normalized spacial score (nSPS) is 11.5. The number of nitriles is 1. The van der Waals surface area contributed by atoms with Gasteiger partial charge < -0.3 is 4.74 Å². The lowest BCUT2D eigenvalue weighted by atomic mass is 10.00. The van der Waals surface area contributed by atoms with Crippen molar-refractivity contribution in [3.63, 3.8) is 0 Å². The van der Waals surface area contributed by atoms with E-state index in [1.807, 2.05) is 31.2 Å². The van der Waals surface area contributed by atoms with Crippen molar-refractivity contribution in [3.05, 3.63) is 35.4 Å². The fourth-order valence-electron chi connectivity index (χ4n) is 2.04. The van der Waals surface area contributed by atoms with Crippen molar-refractivity contribution in [2.24, 2.45) is 0 Å². The molecule has 0 aromatic heterocycles. The van der Waals surface area contributed by atoms with Gasteiger partial charge in [0, 0.05) is 11.9 Å². The molecule has 0 fully saturated rings. The number of alkyl halides is 1. The maximum atomic E-state index is 12.1. The summed E-state index contributed by atoms with van der Waals surface area (Å²) in [6.45, 7) is 2.47. The number of ether oxygens (including phenoxy) is 1. The molecule has 1 aromatic carbocycles. The summed E-state index contributed by atoms with van der Waals surface area (Å²) in [6.07, 6.45) is 3.92. The molecule has 0 aliphatic carbocycles. The molecule has 1 atom stereocenters. The second-order valence-corrected chi connectivity index (χ2v) is 5.26. The van der Waals surface area contributed by atoms with Crippen LogP contribution in [0.5, 0.6) is 0 Å². The van der Waals surface area contributed by atoms with Gasteiger partial charge in [0.15, 0.2) is 12.2 Å². The summed E-state index contributed by atoms with van der Waals surface area (Å²) in [4.78, 5) is 13.6. The zero-order valence-electron chi connectivity index (χ0n) is 11.8. The Morgan fingerprint density at radius 1 is 1.45 bits per heavy atom. The number of nitrogens with zero attached hydrogens (tertiary/aromatic N) is 2. The lowest BCUT2D eigenvalue weighted by Gasteiger charge is -2.26. The first-order chi connectivity index (χ1) is 9.65. The molecule has 1 unspecified atom stereocenters. The molecular formula is C15H19BrN2O2. The second kappa shape index (κ2) is 8.60. The lowest BCUT2D eigenvalue weighted by Crippen LogP contribution is -2.32. The number of esters is 1. The molecule has 1 aromatic rings. The summed E-state index contributed by atoms with van der Waals surface area (Å²) in [5.74, 6) is -0.403. The zero-order valence-corrected chi connectivity index (χ0v) is 13.4. The van der Waals surface area contributed by atoms with E-state index in [1.165, 1.54) is 12.0 Å². The predicted octanol–water partition coefficient (Wildman–Crippen LogP) is 3.17. The molecule has 0 aliphatic heterocycles. The van der Waals surface area contributed by atoms with Gasteiger partial charge in [-0.2, -0.15) is 5.26 Å². The molecule has 108 valence electrons. The van der Waals surface area contributed by atoms with Crippen LogP contribution in [0.4, 0.5) is 0 Å². The van der Waals surface area contributed by atoms with Gasteiger partial charge in [-0.05, 0) is 30.9 Å². The number of carbonyl (C=O) groups is 1. The van der Waals surface area contributed by atoms with E-state index in [4.69, 9.17) is 4.74 Å². The highest BCUT2D eigenvalue weighted by atomic mass is 79.9. The summed E-state index contributed by atoms with van der Waals surface area (Å²) >= 11 is 3.36. The fourth-order valence-corrected chi connectivity index (χ4v) is 2.44. The van der Waals surface area contributed by atoms with Crippen LogP contribution in [0.2, 0.25) is 0 Å². The molecule has 0 saturated carbocycles. The van der Waals surface area contributed by atoms with E-state index in [2.05, 4.69) is 22.1 Å². The van der Waals surface area contributed by atoms with Gasteiger partial charge in [0.25, 0.3) is 0 Å². The fraction of sp³-hybridized carbons (Fsp3) is 0.467. The smallest absolute Gasteiger partial charge is 0.333 e. The van der Waals surface area contributed by atoms with Gasteiger partial charge in [0.2, 0.25) is 0 Å². The minimum Gasteiger partial charge on any atom is -0.467 e. The van der Waals surface area contributed by atoms with E-state index in [1.54, 1.807) is 0 Å². The van der Waals surface area contributed by atoms with Gasteiger partial charge in [-0.25, -0.2) is 4.79 Å². The first kappa shape index (κ1) is 16.5. The van der Waals surface area contributed by atoms with Crippen molar-refractivity contribution in [2.45, 2.75) is 25.8 Å². The third-order valence-corrected chi connectivity index (χ3v) is 3.69. The number of aryl methyl sites for hydroxylation is 1. The van der Waals surface area contributed by atoms with E-state index < -0.39 is 12.0 Å². The van der Waals surface area contributed by atoms with Gasteiger partial charge in [-0.1, -0.05) is 40.2 Å². The van der Waals surface area contributed by atoms with Crippen molar-refractivity contribution in [3.8, 4) is 6.19 Å². The van der Waals surface area contributed by atoms with Crippen LogP contribution in [0.1, 0.15) is 30.0 Å². The molecule has 0 radical (unpaired) electrons. The van der Waals surface area contributed by atoms with Crippen LogP contribution < -0.4 is 0 Å². The average Bonchev–Trinajstić information content (AvgIpc) is 2.47. The second-order valence-electron chi connectivity index (χ2n) is 4.47. The molecule has 0 spiro atoms. The van der Waals surface area contributed by atoms with Crippen LogP contribution >= 0.6 is 15.9 Å². The minimum absolute atomic E-state index is 0.403. The van der Waals surface area contributed by atoms with E-state index >= 15 is 0 Å². The van der Waals surface area contributed by atoms with Crippen molar-refractivity contribution < 1.29 is 9.53 Å². The monoisotopic (exact) mass is 338 g/mol. The zero-order chi connectivity index (χ0) is 15.0. The molecule has 0 N–H and O–H groups in total. The first-order valence-corrected chi connectivity index (χ1v) is 7.63. The summed E-state index contributed by atoms with van der Waals surface area (Å²) in [5, 5.41) is 10.2. The van der Waals surface area contributed by atoms with Gasteiger partial charge in [-0.15, -0.1) is 0 Å². The van der Waals surface area contributed by atoms with Crippen molar-refractivity contribution in [2.75, 3.05) is 19.0 Å². The van der Waals surface area contributed by atoms with E-state index in [9.17, 15) is 10.1 Å². The van der Waals surface area contributed by atoms with Crippen LogP contribution in [0.25, 0.3) is 0 Å². The molecule has 1 rings (SSSR count). The summed E-state index contributed by atoms with van der Waals surface area (Å²) < 4.78 is 4.87. The Kier molecular flexibility index (Phi) is 7.10. The van der Waals surface area contributed by atoms with Crippen LogP contribution in [0.15, 0.2) is 24.3 Å². The number of hydrogen-bond acceptors (Lipinski definition) is 4. The van der Waals surface area contributed by atoms with E-state index in [0.717, 1.165) is 29.3 Å². The van der Waals surface area contributed by atoms with Gasteiger partial charge in [0.05, 0.1) is 7.11 Å². The minimum atomic E-state index is -0.665. The maximum absolute atomic E-state index is 12.1. The topological polar surface area (TPSA) is 53.3 Å². The van der Waals surface area contributed by atoms with E-state index in [0.29, 0.717) is 6.54 Å². The molecule has 5 heteroatoms. The SMILES string of the molecule is COC(=O)C(c1ccccc1C)N(C#N)CCCCBr. The number of carbonyl (C=O) groups excluding carboxylic acids is 1. The average molecular weight is 339 g/mol. The third-order valence-electron chi connectivity index (χ3n) is 3.13. The highest BCUT2D eigenvalue weighted by Crippen LogP contribution is 2.25. The number of hydrogen-bond donors (Lipinski definition) is 0. The molecule has 0 bridgehead atoms. The first-order valence-electron chi connectivity index (χ1n) is 6.51. The molecule has 0 amide bonds.